The molecule has 1 fully saturated rings. The summed E-state index contributed by atoms with van der Waals surface area (Å²) in [5.41, 5.74) is 8.50. The van der Waals surface area contributed by atoms with Crippen LogP contribution >= 0.6 is 0 Å². The number of amides is 1. The lowest BCUT2D eigenvalue weighted by Gasteiger charge is -2.41. The minimum atomic E-state index is -0.533. The number of hydrogen-bond donors (Lipinski definition) is 1. The number of aryl methyl sites for hydroxylation is 1. The largest absolute Gasteiger partial charge is 0.341 e. The Kier molecular flexibility index (Phi) is 4.48. The number of hydrogen-bond acceptors (Lipinski definition) is 2. The van der Waals surface area contributed by atoms with E-state index in [2.05, 4.69) is 13.8 Å². The van der Waals surface area contributed by atoms with Gasteiger partial charge in [-0.15, -0.1) is 0 Å². The highest BCUT2D eigenvalue weighted by Crippen LogP contribution is 2.33. The van der Waals surface area contributed by atoms with Gasteiger partial charge in [0.2, 0.25) is 5.91 Å². The molecule has 1 aliphatic heterocycles. The van der Waals surface area contributed by atoms with Crippen molar-refractivity contribution >= 4 is 5.91 Å². The molecule has 1 heterocycles. The van der Waals surface area contributed by atoms with Gasteiger partial charge in [0.15, 0.2) is 0 Å². The highest BCUT2D eigenvalue weighted by atomic mass is 16.2. The zero-order chi connectivity index (χ0) is 14.8. The second kappa shape index (κ2) is 5.96. The fraction of sp³-hybridized carbons (Fsp3) is 0.588. The minimum absolute atomic E-state index is 0.0632. The van der Waals surface area contributed by atoms with E-state index in [0.29, 0.717) is 0 Å². The molecule has 0 saturated carbocycles. The van der Waals surface area contributed by atoms with Gasteiger partial charge in [0.25, 0.3) is 0 Å². The summed E-state index contributed by atoms with van der Waals surface area (Å²) in [5.74, 6) is 0.0632. The Morgan fingerprint density at radius 1 is 1.40 bits per heavy atom. The van der Waals surface area contributed by atoms with Crippen molar-refractivity contribution in [2.24, 2.45) is 11.1 Å². The van der Waals surface area contributed by atoms with E-state index in [1.54, 1.807) is 0 Å². The molecule has 2 rings (SSSR count). The van der Waals surface area contributed by atoms with Crippen molar-refractivity contribution in [2.75, 3.05) is 13.1 Å². The van der Waals surface area contributed by atoms with Gasteiger partial charge in [-0.05, 0) is 37.2 Å². The second-order valence-corrected chi connectivity index (χ2v) is 6.42. The van der Waals surface area contributed by atoms with E-state index < -0.39 is 6.04 Å². The van der Waals surface area contributed by atoms with Crippen molar-refractivity contribution in [2.45, 2.75) is 46.1 Å². The minimum Gasteiger partial charge on any atom is -0.341 e. The maximum atomic E-state index is 12.6. The van der Waals surface area contributed by atoms with Crippen LogP contribution in [0, 0.1) is 12.3 Å². The van der Waals surface area contributed by atoms with Crippen LogP contribution in [0.1, 0.15) is 50.3 Å². The van der Waals surface area contributed by atoms with Gasteiger partial charge in [0.05, 0.1) is 0 Å². The average molecular weight is 274 g/mol. The lowest BCUT2D eigenvalue weighted by atomic mass is 9.79. The zero-order valence-electron chi connectivity index (χ0n) is 12.9. The number of nitrogens with two attached hydrogens (primary N) is 1. The molecule has 2 unspecified atom stereocenters. The summed E-state index contributed by atoms with van der Waals surface area (Å²) in [6, 6.07) is 7.40. The number of likely N-dealkylation sites (tertiary alicyclic amines) is 1. The summed E-state index contributed by atoms with van der Waals surface area (Å²) in [6.45, 7) is 8.18. The third-order valence-electron chi connectivity index (χ3n) is 4.65. The maximum Gasteiger partial charge on any atom is 0.244 e. The Balaban J connectivity index is 2.08. The summed E-state index contributed by atoms with van der Waals surface area (Å²) >= 11 is 0. The lowest BCUT2D eigenvalue weighted by Crippen LogP contribution is -2.47. The van der Waals surface area contributed by atoms with Crippen LogP contribution in [0.15, 0.2) is 24.3 Å². The third kappa shape index (κ3) is 3.21. The number of carbonyl (C=O) groups is 1. The van der Waals surface area contributed by atoms with Crippen LogP contribution < -0.4 is 5.73 Å². The molecule has 1 aliphatic rings. The van der Waals surface area contributed by atoms with Gasteiger partial charge in [-0.25, -0.2) is 0 Å². The van der Waals surface area contributed by atoms with Gasteiger partial charge >= 0.3 is 0 Å². The van der Waals surface area contributed by atoms with E-state index in [9.17, 15) is 4.79 Å². The molecule has 1 aromatic rings. The van der Waals surface area contributed by atoms with Gasteiger partial charge in [-0.2, -0.15) is 0 Å². The van der Waals surface area contributed by atoms with Crippen LogP contribution in [0.25, 0.3) is 0 Å². The van der Waals surface area contributed by atoms with Crippen molar-refractivity contribution in [1.82, 2.24) is 4.90 Å². The summed E-state index contributed by atoms with van der Waals surface area (Å²) in [6.07, 6.45) is 3.39. The fourth-order valence-electron chi connectivity index (χ4n) is 2.91. The quantitative estimate of drug-likeness (QED) is 0.921. The molecule has 1 aromatic carbocycles. The average Bonchev–Trinajstić information content (AvgIpc) is 2.46. The van der Waals surface area contributed by atoms with Crippen LogP contribution in [0.5, 0.6) is 0 Å². The molecule has 0 aromatic heterocycles. The van der Waals surface area contributed by atoms with Crippen LogP contribution in [0.4, 0.5) is 0 Å². The molecule has 20 heavy (non-hydrogen) atoms. The number of nitrogens with zero attached hydrogens (tertiary/aromatic N) is 1. The normalized spacial score (nSPS) is 24.5. The number of carbonyl (C=O) groups excluding carboxylic acids is 1. The van der Waals surface area contributed by atoms with Crippen LogP contribution in [0.2, 0.25) is 0 Å². The highest BCUT2D eigenvalue weighted by molar-refractivity contribution is 5.83. The van der Waals surface area contributed by atoms with Gasteiger partial charge in [-0.1, -0.05) is 43.7 Å². The third-order valence-corrected chi connectivity index (χ3v) is 4.65. The molecule has 2 atom stereocenters. The number of piperidine rings is 1. The van der Waals surface area contributed by atoms with Gasteiger partial charge in [-0.3, -0.25) is 4.79 Å². The lowest BCUT2D eigenvalue weighted by molar-refractivity contribution is -0.136. The Labute approximate surface area is 122 Å². The SMILES string of the molecule is CCC1(C)CCCN(C(=O)C(N)c2ccc(C)cc2)C1. The smallest absolute Gasteiger partial charge is 0.244 e. The summed E-state index contributed by atoms with van der Waals surface area (Å²) < 4.78 is 0. The van der Waals surface area contributed by atoms with Crippen molar-refractivity contribution in [3.63, 3.8) is 0 Å². The van der Waals surface area contributed by atoms with E-state index in [1.165, 1.54) is 12.0 Å². The molecular weight excluding hydrogens is 248 g/mol. The van der Waals surface area contributed by atoms with E-state index in [0.717, 1.165) is 31.5 Å². The first-order valence-electron chi connectivity index (χ1n) is 7.56. The first-order valence-corrected chi connectivity index (χ1v) is 7.56. The number of rotatable bonds is 3. The van der Waals surface area contributed by atoms with Crippen LogP contribution in [-0.2, 0) is 4.79 Å². The molecule has 0 bridgehead atoms. The molecule has 0 aliphatic carbocycles. The highest BCUT2D eigenvalue weighted by Gasteiger charge is 2.33. The van der Waals surface area contributed by atoms with E-state index in [1.807, 2.05) is 36.1 Å². The van der Waals surface area contributed by atoms with Gasteiger partial charge in [0.1, 0.15) is 6.04 Å². The molecule has 0 spiro atoms. The molecule has 2 N–H and O–H groups in total. The van der Waals surface area contributed by atoms with Gasteiger partial charge < -0.3 is 10.6 Å². The topological polar surface area (TPSA) is 46.3 Å². The molecule has 1 amide bonds. The molecule has 3 nitrogen and oxygen atoms in total. The van der Waals surface area contributed by atoms with Crippen molar-refractivity contribution in [3.8, 4) is 0 Å². The van der Waals surface area contributed by atoms with Gasteiger partial charge in [0, 0.05) is 13.1 Å². The Morgan fingerprint density at radius 2 is 2.05 bits per heavy atom. The maximum absolute atomic E-state index is 12.6. The zero-order valence-corrected chi connectivity index (χ0v) is 12.9. The molecule has 0 radical (unpaired) electrons. The first-order chi connectivity index (χ1) is 9.45. The Bertz CT molecular complexity index is 468. The van der Waals surface area contributed by atoms with E-state index in [4.69, 9.17) is 5.73 Å². The Morgan fingerprint density at radius 3 is 2.65 bits per heavy atom. The van der Waals surface area contributed by atoms with Crippen molar-refractivity contribution in [3.05, 3.63) is 35.4 Å². The monoisotopic (exact) mass is 274 g/mol. The fourth-order valence-corrected chi connectivity index (χ4v) is 2.91. The van der Waals surface area contributed by atoms with Crippen LogP contribution in [0.3, 0.4) is 0 Å². The summed E-state index contributed by atoms with van der Waals surface area (Å²) in [4.78, 5) is 14.5. The second-order valence-electron chi connectivity index (χ2n) is 6.42. The van der Waals surface area contributed by atoms with Crippen molar-refractivity contribution < 1.29 is 4.79 Å². The molecule has 1 saturated heterocycles. The summed E-state index contributed by atoms with van der Waals surface area (Å²) in [5, 5.41) is 0. The van der Waals surface area contributed by atoms with E-state index in [-0.39, 0.29) is 11.3 Å². The molecule has 110 valence electrons. The van der Waals surface area contributed by atoms with E-state index >= 15 is 0 Å². The predicted molar refractivity (Wildman–Crippen MR) is 82.3 cm³/mol. The molecule has 3 heteroatoms. The van der Waals surface area contributed by atoms with Crippen molar-refractivity contribution in [1.29, 1.82) is 0 Å². The number of benzene rings is 1. The molecular formula is C17H26N2O. The standard InChI is InChI=1S/C17H26N2O/c1-4-17(3)10-5-11-19(12-17)16(20)15(18)14-8-6-13(2)7-9-14/h6-9,15H,4-5,10-12,18H2,1-3H3. The van der Waals surface area contributed by atoms with Crippen LogP contribution in [-0.4, -0.2) is 23.9 Å². The Hall–Kier alpha value is -1.35. The predicted octanol–water partition coefficient (Wildman–Crippen LogP) is 3.03. The summed E-state index contributed by atoms with van der Waals surface area (Å²) in [7, 11) is 0. The first kappa shape index (κ1) is 15.0.